The fourth-order valence-electron chi connectivity index (χ4n) is 2.76. The molecule has 0 unspecified atom stereocenters. The van der Waals surface area contributed by atoms with Crippen LogP contribution in [-0.2, 0) is 0 Å². The van der Waals surface area contributed by atoms with Gasteiger partial charge in [-0.25, -0.2) is 0 Å². The Bertz CT molecular complexity index is 645. The Morgan fingerprint density at radius 1 is 1.22 bits per heavy atom. The van der Waals surface area contributed by atoms with E-state index in [0.29, 0.717) is 5.92 Å². The van der Waals surface area contributed by atoms with Crippen molar-refractivity contribution in [2.75, 3.05) is 0 Å². The van der Waals surface area contributed by atoms with E-state index in [-0.39, 0.29) is 22.6 Å². The molecule has 1 aliphatic heterocycles. The summed E-state index contributed by atoms with van der Waals surface area (Å²) in [4.78, 5) is 17.4. The van der Waals surface area contributed by atoms with Crippen molar-refractivity contribution in [1.82, 2.24) is 0 Å². The number of benzene rings is 1. The fourth-order valence-corrected chi connectivity index (χ4v) is 3.85. The first-order chi connectivity index (χ1) is 10.8. The summed E-state index contributed by atoms with van der Waals surface area (Å²) < 4.78 is 0. The van der Waals surface area contributed by atoms with E-state index in [4.69, 9.17) is 0 Å². The number of thioether (sulfide) groups is 1. The Hall–Kier alpha value is -1.62. The van der Waals surface area contributed by atoms with Crippen LogP contribution in [0.25, 0.3) is 0 Å². The summed E-state index contributed by atoms with van der Waals surface area (Å²) in [6.07, 6.45) is 0.891. The van der Waals surface area contributed by atoms with Crippen molar-refractivity contribution in [2.45, 2.75) is 45.9 Å². The summed E-state index contributed by atoms with van der Waals surface area (Å²) in [7, 11) is 0. The van der Waals surface area contributed by atoms with Crippen molar-refractivity contribution in [3.05, 3.63) is 50.7 Å². The molecule has 1 aromatic rings. The van der Waals surface area contributed by atoms with Crippen LogP contribution >= 0.6 is 11.8 Å². The zero-order valence-electron chi connectivity index (χ0n) is 14.4. The molecule has 4 nitrogen and oxygen atoms in total. The second-order valence-electron chi connectivity index (χ2n) is 6.73. The third-order valence-electron chi connectivity index (χ3n) is 3.85. The molecule has 0 aliphatic carbocycles. The van der Waals surface area contributed by atoms with Gasteiger partial charge in [-0.05, 0) is 41.3 Å². The number of nitro groups is 1. The molecule has 0 fully saturated rings. The summed E-state index contributed by atoms with van der Waals surface area (Å²) in [6, 6.07) is 8.10. The van der Waals surface area contributed by atoms with Gasteiger partial charge in [0.1, 0.15) is 5.71 Å². The lowest BCUT2D eigenvalue weighted by Gasteiger charge is -2.18. The maximum Gasteiger partial charge on any atom is 0.374 e. The molecular formula is C18H24N2O2S. The molecule has 0 N–H and O–H groups in total. The van der Waals surface area contributed by atoms with Crippen molar-refractivity contribution in [3.63, 3.8) is 0 Å². The number of aryl methyl sites for hydroxylation is 1. The minimum atomic E-state index is -0.334. The van der Waals surface area contributed by atoms with Gasteiger partial charge in [-0.3, -0.25) is 0 Å². The van der Waals surface area contributed by atoms with E-state index in [1.807, 2.05) is 31.2 Å². The monoisotopic (exact) mass is 332 g/mol. The highest BCUT2D eigenvalue weighted by atomic mass is 32.2. The maximum absolute atomic E-state index is 11.5. The van der Waals surface area contributed by atoms with E-state index in [9.17, 15) is 10.1 Å². The van der Waals surface area contributed by atoms with Crippen LogP contribution in [0.5, 0.6) is 0 Å². The zero-order chi connectivity index (χ0) is 17.1. The number of nitrogens with zero attached hydrogens (tertiary/aromatic N) is 2. The zero-order valence-corrected chi connectivity index (χ0v) is 15.2. The van der Waals surface area contributed by atoms with Crippen LogP contribution in [0.1, 0.15) is 39.7 Å². The molecule has 23 heavy (non-hydrogen) atoms. The molecular weight excluding hydrogens is 308 g/mol. The Balaban J connectivity index is 2.39. The van der Waals surface area contributed by atoms with Crippen LogP contribution < -0.4 is 0 Å². The van der Waals surface area contributed by atoms with Gasteiger partial charge in [0.2, 0.25) is 0 Å². The van der Waals surface area contributed by atoms with Gasteiger partial charge in [0.05, 0.1) is 10.8 Å². The van der Waals surface area contributed by atoms with Gasteiger partial charge in [-0.2, -0.15) is 0 Å². The van der Waals surface area contributed by atoms with Crippen molar-refractivity contribution >= 4 is 17.5 Å². The molecule has 0 saturated carbocycles. The van der Waals surface area contributed by atoms with Crippen LogP contribution in [0.15, 0.2) is 44.9 Å². The molecule has 0 bridgehead atoms. The lowest BCUT2D eigenvalue weighted by Crippen LogP contribution is -2.19. The van der Waals surface area contributed by atoms with Crippen LogP contribution in [0.2, 0.25) is 0 Å². The third kappa shape index (κ3) is 4.22. The average Bonchev–Trinajstić information content (AvgIpc) is 2.80. The Morgan fingerprint density at radius 2 is 1.83 bits per heavy atom. The smallest absolute Gasteiger partial charge is 0.358 e. The van der Waals surface area contributed by atoms with Gasteiger partial charge in [0.25, 0.3) is 0 Å². The number of aliphatic imine (C=N–C) groups is 1. The van der Waals surface area contributed by atoms with E-state index in [1.165, 1.54) is 17.3 Å². The lowest BCUT2D eigenvalue weighted by molar-refractivity contribution is -0.426. The molecule has 0 spiro atoms. The van der Waals surface area contributed by atoms with Crippen molar-refractivity contribution in [1.29, 1.82) is 0 Å². The number of allylic oxidation sites excluding steroid dienone is 1. The minimum absolute atomic E-state index is 0.0323. The first kappa shape index (κ1) is 17.7. The molecule has 0 radical (unpaired) electrons. The number of hydrogen-bond acceptors (Lipinski definition) is 4. The number of rotatable bonds is 6. The second kappa shape index (κ2) is 7.30. The summed E-state index contributed by atoms with van der Waals surface area (Å²) in [5.41, 5.74) is 2.13. The summed E-state index contributed by atoms with van der Waals surface area (Å²) in [5, 5.41) is 11.5. The van der Waals surface area contributed by atoms with Gasteiger partial charge in [0, 0.05) is 10.8 Å². The summed E-state index contributed by atoms with van der Waals surface area (Å²) >= 11 is 1.49. The third-order valence-corrected chi connectivity index (χ3v) is 5.04. The second-order valence-corrected chi connectivity index (χ2v) is 7.85. The largest absolute Gasteiger partial charge is 0.374 e. The Labute approximate surface area is 142 Å². The SMILES string of the molecule is Cc1ccc(SC2=C([N+](=O)[O-])N=C(C(C)C)[C@H]2CC(C)C)cc1. The molecule has 0 amide bonds. The molecule has 0 saturated heterocycles. The first-order valence-electron chi connectivity index (χ1n) is 8.01. The van der Waals surface area contributed by atoms with Gasteiger partial charge in [-0.1, -0.05) is 57.2 Å². The van der Waals surface area contributed by atoms with Gasteiger partial charge in [-0.15, -0.1) is 0 Å². The molecule has 5 heteroatoms. The maximum atomic E-state index is 11.5. The van der Waals surface area contributed by atoms with E-state index in [0.717, 1.165) is 21.9 Å². The van der Waals surface area contributed by atoms with E-state index in [1.54, 1.807) is 0 Å². The minimum Gasteiger partial charge on any atom is -0.358 e. The summed E-state index contributed by atoms with van der Waals surface area (Å²) in [6.45, 7) is 10.5. The van der Waals surface area contributed by atoms with Crippen LogP contribution in [0.4, 0.5) is 0 Å². The van der Waals surface area contributed by atoms with Crippen molar-refractivity contribution in [3.8, 4) is 0 Å². The molecule has 124 valence electrons. The molecule has 0 aromatic heterocycles. The first-order valence-corrected chi connectivity index (χ1v) is 8.82. The van der Waals surface area contributed by atoms with E-state index >= 15 is 0 Å². The average molecular weight is 332 g/mol. The summed E-state index contributed by atoms with van der Waals surface area (Å²) in [5.74, 6) is 0.764. The van der Waals surface area contributed by atoms with Crippen LogP contribution in [0.3, 0.4) is 0 Å². The molecule has 1 atom stereocenters. The van der Waals surface area contributed by atoms with E-state index in [2.05, 4.69) is 32.7 Å². The highest BCUT2D eigenvalue weighted by Gasteiger charge is 2.40. The van der Waals surface area contributed by atoms with Crippen molar-refractivity contribution in [2.24, 2.45) is 22.7 Å². The van der Waals surface area contributed by atoms with E-state index < -0.39 is 0 Å². The Morgan fingerprint density at radius 3 is 2.30 bits per heavy atom. The van der Waals surface area contributed by atoms with Gasteiger partial charge in [0.15, 0.2) is 0 Å². The predicted molar refractivity (Wildman–Crippen MR) is 96.3 cm³/mol. The normalized spacial score (nSPS) is 18.0. The van der Waals surface area contributed by atoms with Crippen molar-refractivity contribution < 1.29 is 4.92 Å². The molecule has 1 aromatic carbocycles. The Kier molecular flexibility index (Phi) is 5.63. The lowest BCUT2D eigenvalue weighted by atomic mass is 9.88. The molecule has 1 heterocycles. The standard InChI is InChI=1S/C18H24N2O2S/c1-11(2)10-15-16(12(3)4)19-18(20(21)22)17(15)23-14-8-6-13(5)7-9-14/h6-9,11-12,15H,10H2,1-5H3/t15-/m1/s1. The predicted octanol–water partition coefficient (Wildman–Crippen LogP) is 5.31. The van der Waals surface area contributed by atoms with Crippen LogP contribution in [-0.4, -0.2) is 10.6 Å². The highest BCUT2D eigenvalue weighted by Crippen LogP contribution is 2.43. The van der Waals surface area contributed by atoms with Gasteiger partial charge >= 0.3 is 5.82 Å². The van der Waals surface area contributed by atoms with Gasteiger partial charge < -0.3 is 10.1 Å². The number of hydrogen-bond donors (Lipinski definition) is 0. The molecule has 2 rings (SSSR count). The van der Waals surface area contributed by atoms with Crippen LogP contribution in [0, 0.1) is 34.8 Å². The molecule has 1 aliphatic rings. The fraction of sp³-hybridized carbons (Fsp3) is 0.500. The quantitative estimate of drug-likeness (QED) is 0.524. The topological polar surface area (TPSA) is 55.5 Å². The highest BCUT2D eigenvalue weighted by molar-refractivity contribution is 8.03.